The van der Waals surface area contributed by atoms with E-state index in [9.17, 15) is 27.5 Å². The number of piperidine rings is 1. The summed E-state index contributed by atoms with van der Waals surface area (Å²) < 4.78 is 60.5. The summed E-state index contributed by atoms with van der Waals surface area (Å²) in [6.45, 7) is 0.148. The van der Waals surface area contributed by atoms with Gasteiger partial charge >= 0.3 is 12.3 Å². The Balaban J connectivity index is 1.20. The van der Waals surface area contributed by atoms with Gasteiger partial charge in [0.15, 0.2) is 0 Å². The second-order valence-electron chi connectivity index (χ2n) is 10.2. The molecule has 2 fully saturated rings. The van der Waals surface area contributed by atoms with Crippen molar-refractivity contribution in [1.29, 1.82) is 0 Å². The first-order valence-corrected chi connectivity index (χ1v) is 12.4. The van der Waals surface area contributed by atoms with E-state index in [0.717, 1.165) is 28.3 Å². The van der Waals surface area contributed by atoms with E-state index in [0.29, 0.717) is 18.9 Å². The molecule has 2 aliphatic heterocycles. The van der Waals surface area contributed by atoms with Crippen LogP contribution in [0.1, 0.15) is 53.9 Å². The van der Waals surface area contributed by atoms with Gasteiger partial charge in [-0.25, -0.2) is 9.18 Å². The van der Waals surface area contributed by atoms with Crippen molar-refractivity contribution in [3.05, 3.63) is 94.8 Å². The monoisotopic (exact) mass is 511 g/mol. The van der Waals surface area contributed by atoms with Gasteiger partial charge in [0.1, 0.15) is 12.4 Å². The predicted octanol–water partition coefficient (Wildman–Crippen LogP) is 6.61. The third-order valence-corrected chi connectivity index (χ3v) is 8.12. The fourth-order valence-corrected chi connectivity index (χ4v) is 6.52. The van der Waals surface area contributed by atoms with E-state index in [-0.39, 0.29) is 30.9 Å². The molecule has 2 atom stereocenters. The second-order valence-corrected chi connectivity index (χ2v) is 10.2. The minimum Gasteiger partial charge on any atom is -0.448 e. The quantitative estimate of drug-likeness (QED) is 0.403. The van der Waals surface area contributed by atoms with Crippen LogP contribution in [0.5, 0.6) is 0 Å². The summed E-state index contributed by atoms with van der Waals surface area (Å²) >= 11 is 0. The van der Waals surface area contributed by atoms with Gasteiger partial charge in [0, 0.05) is 36.4 Å². The minimum atomic E-state index is -4.86. The molecule has 8 heteroatoms. The van der Waals surface area contributed by atoms with Gasteiger partial charge in [0.05, 0.1) is 11.2 Å². The van der Waals surface area contributed by atoms with Crippen LogP contribution >= 0.6 is 0 Å². The van der Waals surface area contributed by atoms with Gasteiger partial charge in [-0.1, -0.05) is 60.7 Å². The summed E-state index contributed by atoms with van der Waals surface area (Å²) in [4.78, 5) is 14.8. The number of fused-ring (bicyclic) bond motifs is 5. The molecule has 0 saturated carbocycles. The van der Waals surface area contributed by atoms with Gasteiger partial charge < -0.3 is 14.7 Å². The lowest BCUT2D eigenvalue weighted by molar-refractivity contribution is -0.140. The number of carbonyl (C=O) groups excluding carboxylic acids is 1. The lowest BCUT2D eigenvalue weighted by Gasteiger charge is -2.43. The molecule has 3 aromatic carbocycles. The van der Waals surface area contributed by atoms with E-state index < -0.39 is 41.3 Å². The van der Waals surface area contributed by atoms with Crippen molar-refractivity contribution in [3.63, 3.8) is 0 Å². The zero-order chi connectivity index (χ0) is 25.9. The van der Waals surface area contributed by atoms with Crippen LogP contribution in [0.25, 0.3) is 11.1 Å². The molecule has 1 N–H and O–H groups in total. The zero-order valence-corrected chi connectivity index (χ0v) is 19.8. The van der Waals surface area contributed by atoms with Crippen molar-refractivity contribution in [2.24, 2.45) is 0 Å². The summed E-state index contributed by atoms with van der Waals surface area (Å²) in [7, 11) is 0. The number of benzene rings is 3. The first-order chi connectivity index (χ1) is 17.7. The molecule has 3 aliphatic rings. The van der Waals surface area contributed by atoms with E-state index in [4.69, 9.17) is 4.74 Å². The third kappa shape index (κ3) is 3.89. The Kier molecular flexibility index (Phi) is 5.56. The van der Waals surface area contributed by atoms with Gasteiger partial charge in [-0.3, -0.25) is 0 Å². The van der Waals surface area contributed by atoms with E-state index in [1.54, 1.807) is 4.90 Å². The lowest BCUT2D eigenvalue weighted by atomic mass is 9.79. The van der Waals surface area contributed by atoms with Crippen molar-refractivity contribution < 1.29 is 32.2 Å². The first kappa shape index (κ1) is 24.0. The molecule has 2 bridgehead atoms. The van der Waals surface area contributed by atoms with Crippen LogP contribution in [0, 0.1) is 5.82 Å². The zero-order valence-electron chi connectivity index (χ0n) is 19.8. The van der Waals surface area contributed by atoms with Crippen LogP contribution in [-0.2, 0) is 16.5 Å². The largest absolute Gasteiger partial charge is 0.448 e. The van der Waals surface area contributed by atoms with Crippen molar-refractivity contribution >= 4 is 6.09 Å². The highest BCUT2D eigenvalue weighted by molar-refractivity contribution is 5.79. The van der Waals surface area contributed by atoms with Crippen LogP contribution in [0.2, 0.25) is 0 Å². The fourth-order valence-electron chi connectivity index (χ4n) is 6.52. The van der Waals surface area contributed by atoms with E-state index >= 15 is 0 Å². The Hall–Kier alpha value is -3.39. The Bertz CT molecular complexity index is 1310. The van der Waals surface area contributed by atoms with Crippen molar-refractivity contribution in [2.75, 3.05) is 6.61 Å². The molecule has 2 saturated heterocycles. The number of amides is 1. The molecule has 3 aromatic rings. The number of alkyl halides is 3. The maximum absolute atomic E-state index is 14.9. The van der Waals surface area contributed by atoms with E-state index in [2.05, 4.69) is 12.1 Å². The van der Waals surface area contributed by atoms with E-state index in [1.807, 2.05) is 36.4 Å². The maximum Gasteiger partial charge on any atom is 0.419 e. The van der Waals surface area contributed by atoms with Gasteiger partial charge in [0.25, 0.3) is 0 Å². The third-order valence-electron chi connectivity index (χ3n) is 8.12. The predicted molar refractivity (Wildman–Crippen MR) is 128 cm³/mol. The molecule has 4 nitrogen and oxygen atoms in total. The molecule has 37 heavy (non-hydrogen) atoms. The van der Waals surface area contributed by atoms with Gasteiger partial charge in [-0.05, 0) is 41.2 Å². The number of rotatable bonds is 3. The molecule has 1 aliphatic carbocycles. The van der Waals surface area contributed by atoms with Gasteiger partial charge in [-0.2, -0.15) is 13.2 Å². The average molecular weight is 512 g/mol. The number of aliphatic hydroxyl groups is 1. The highest BCUT2D eigenvalue weighted by atomic mass is 19.4. The lowest BCUT2D eigenvalue weighted by Crippen LogP contribution is -2.52. The first-order valence-electron chi connectivity index (χ1n) is 12.4. The van der Waals surface area contributed by atoms with Crippen molar-refractivity contribution in [1.82, 2.24) is 4.90 Å². The Morgan fingerprint density at radius 2 is 1.49 bits per heavy atom. The Morgan fingerprint density at radius 3 is 2.05 bits per heavy atom. The summed E-state index contributed by atoms with van der Waals surface area (Å²) in [5.74, 6) is -1.55. The van der Waals surface area contributed by atoms with Gasteiger partial charge in [-0.15, -0.1) is 0 Å². The normalized spacial score (nSPS) is 24.6. The topological polar surface area (TPSA) is 49.8 Å². The van der Waals surface area contributed by atoms with E-state index in [1.165, 1.54) is 6.07 Å². The molecule has 2 unspecified atom stereocenters. The Labute approximate surface area is 211 Å². The highest BCUT2D eigenvalue weighted by Crippen LogP contribution is 2.48. The summed E-state index contributed by atoms with van der Waals surface area (Å²) in [6.07, 6.45) is -4.34. The molecule has 192 valence electrons. The number of nitrogens with zero attached hydrogens (tertiary/aromatic N) is 1. The molecule has 0 spiro atoms. The molecule has 0 aromatic heterocycles. The summed E-state index contributed by atoms with van der Waals surface area (Å²) in [5.41, 5.74) is 0.851. The summed E-state index contributed by atoms with van der Waals surface area (Å²) in [5, 5.41) is 11.3. The van der Waals surface area contributed by atoms with Crippen LogP contribution in [0.4, 0.5) is 22.4 Å². The highest BCUT2D eigenvalue weighted by Gasteiger charge is 2.52. The number of ether oxygens (including phenoxy) is 1. The molecule has 2 heterocycles. The van der Waals surface area contributed by atoms with Crippen molar-refractivity contribution in [3.8, 4) is 11.1 Å². The maximum atomic E-state index is 14.9. The van der Waals surface area contributed by atoms with Crippen LogP contribution in [-0.4, -0.2) is 34.8 Å². The van der Waals surface area contributed by atoms with Crippen LogP contribution in [0.15, 0.2) is 66.7 Å². The summed E-state index contributed by atoms with van der Waals surface area (Å²) in [6, 6.07) is 18.1. The number of halogens is 4. The number of hydrogen-bond acceptors (Lipinski definition) is 3. The fraction of sp³-hybridized carbons (Fsp3) is 0.345. The molecule has 6 rings (SSSR count). The van der Waals surface area contributed by atoms with Crippen molar-refractivity contribution in [2.45, 2.75) is 55.5 Å². The molecular weight excluding hydrogens is 486 g/mol. The SMILES string of the molecule is O=C(OCC1c2ccccc2-c2ccccc21)N1C2CCC1CC(O)(c1cccc(C(F)(F)F)c1F)C2. The standard InChI is InChI=1S/C29H25F4NO3/c30-26-24(10-5-11-25(26)29(31,32)33)28(36)14-17-12-13-18(15-28)34(17)27(35)37-16-23-21-8-3-1-6-19(21)20-7-2-4-9-22(20)23/h1-11,17-18,23,36H,12-16H2. The van der Waals surface area contributed by atoms with Crippen LogP contribution < -0.4 is 0 Å². The average Bonchev–Trinajstić information content (AvgIpc) is 3.34. The molecular formula is C29H25F4NO3. The molecule has 0 radical (unpaired) electrons. The minimum absolute atomic E-state index is 0.0497. The Morgan fingerprint density at radius 1 is 0.919 bits per heavy atom. The van der Waals surface area contributed by atoms with Crippen LogP contribution in [0.3, 0.4) is 0 Å². The van der Waals surface area contributed by atoms with Gasteiger partial charge in [0.2, 0.25) is 0 Å². The number of hydrogen-bond donors (Lipinski definition) is 1. The second kappa shape index (κ2) is 8.58. The smallest absolute Gasteiger partial charge is 0.419 e. The number of carbonyl (C=O) groups is 1. The molecule has 1 amide bonds.